The largest absolute Gasteiger partial charge is 0.291 e. The van der Waals surface area contributed by atoms with Crippen LogP contribution in [0.25, 0.3) is 0 Å². The molecule has 0 bridgehead atoms. The smallest absolute Gasteiger partial charge is 0.241 e. The fourth-order valence-electron chi connectivity index (χ4n) is 1.82. The first-order chi connectivity index (χ1) is 7.47. The van der Waals surface area contributed by atoms with Crippen molar-refractivity contribution in [2.75, 3.05) is 7.05 Å². The van der Waals surface area contributed by atoms with Gasteiger partial charge in [-0.25, -0.2) is 5.43 Å². The average molecular weight is 220 g/mol. The molecule has 0 aliphatic heterocycles. The molecule has 0 saturated heterocycles. The van der Waals surface area contributed by atoms with E-state index < -0.39 is 0 Å². The zero-order valence-electron chi connectivity index (χ0n) is 10.6. The number of hydrazine groups is 1. The molecule has 0 aromatic heterocycles. The van der Waals surface area contributed by atoms with Crippen LogP contribution >= 0.6 is 0 Å². The highest BCUT2D eigenvalue weighted by atomic mass is 16.2. The van der Waals surface area contributed by atoms with E-state index in [-0.39, 0.29) is 11.8 Å². The van der Waals surface area contributed by atoms with Gasteiger partial charge in [-0.05, 0) is 49.9 Å². The third-order valence-corrected chi connectivity index (χ3v) is 2.99. The fourth-order valence-corrected chi connectivity index (χ4v) is 1.82. The summed E-state index contributed by atoms with van der Waals surface area (Å²) in [5, 5.41) is 0. The molecule has 0 saturated carbocycles. The van der Waals surface area contributed by atoms with E-state index >= 15 is 0 Å². The molecule has 1 rings (SSSR count). The molecule has 1 aromatic rings. The van der Waals surface area contributed by atoms with Crippen LogP contribution in [0.1, 0.15) is 35.1 Å². The normalized spacial score (nSPS) is 12.3. The third-order valence-electron chi connectivity index (χ3n) is 2.99. The molecule has 0 aliphatic rings. The second kappa shape index (κ2) is 5.12. The topological polar surface area (TPSA) is 41.1 Å². The molecular formula is C13H20N2O. The van der Waals surface area contributed by atoms with Gasteiger partial charge in [0.1, 0.15) is 0 Å². The van der Waals surface area contributed by atoms with Gasteiger partial charge in [0.25, 0.3) is 0 Å². The Morgan fingerprint density at radius 2 is 1.69 bits per heavy atom. The van der Waals surface area contributed by atoms with Crippen LogP contribution < -0.4 is 10.9 Å². The number of nitrogens with one attached hydrogen (secondary N) is 2. The molecule has 1 aromatic carbocycles. The van der Waals surface area contributed by atoms with Crippen molar-refractivity contribution in [2.24, 2.45) is 0 Å². The Morgan fingerprint density at radius 3 is 2.25 bits per heavy atom. The van der Waals surface area contributed by atoms with Crippen molar-refractivity contribution in [3.8, 4) is 0 Å². The van der Waals surface area contributed by atoms with Crippen molar-refractivity contribution in [3.05, 3.63) is 34.4 Å². The van der Waals surface area contributed by atoms with Gasteiger partial charge in [0.2, 0.25) is 5.91 Å². The summed E-state index contributed by atoms with van der Waals surface area (Å²) in [6, 6.07) is 4.23. The predicted octanol–water partition coefficient (Wildman–Crippen LogP) is 1.97. The summed E-state index contributed by atoms with van der Waals surface area (Å²) in [7, 11) is 1.69. The second-order valence-corrected chi connectivity index (χ2v) is 4.25. The first kappa shape index (κ1) is 12.7. The highest BCUT2D eigenvalue weighted by Crippen LogP contribution is 2.23. The molecule has 1 atom stereocenters. The summed E-state index contributed by atoms with van der Waals surface area (Å²) in [6.07, 6.45) is 0. The summed E-state index contributed by atoms with van der Waals surface area (Å²) in [5.74, 6) is -0.138. The van der Waals surface area contributed by atoms with E-state index in [2.05, 4.69) is 36.8 Å². The van der Waals surface area contributed by atoms with Gasteiger partial charge >= 0.3 is 0 Å². The molecular weight excluding hydrogens is 200 g/mol. The number of carbonyl (C=O) groups is 1. The minimum Gasteiger partial charge on any atom is -0.291 e. The van der Waals surface area contributed by atoms with Gasteiger partial charge < -0.3 is 0 Å². The van der Waals surface area contributed by atoms with E-state index in [0.29, 0.717) is 0 Å². The van der Waals surface area contributed by atoms with E-state index in [9.17, 15) is 4.79 Å². The van der Waals surface area contributed by atoms with Crippen LogP contribution in [0.4, 0.5) is 0 Å². The molecule has 0 fully saturated rings. The molecule has 0 aliphatic carbocycles. The third kappa shape index (κ3) is 2.61. The maximum absolute atomic E-state index is 11.7. The van der Waals surface area contributed by atoms with Crippen molar-refractivity contribution in [1.82, 2.24) is 10.9 Å². The Kier molecular flexibility index (Phi) is 4.07. The number of amides is 1. The van der Waals surface area contributed by atoms with Gasteiger partial charge in [0, 0.05) is 7.05 Å². The molecule has 0 heterocycles. The predicted molar refractivity (Wildman–Crippen MR) is 66.3 cm³/mol. The lowest BCUT2D eigenvalue weighted by Crippen LogP contribution is -2.37. The monoisotopic (exact) mass is 220 g/mol. The Hall–Kier alpha value is -1.35. The van der Waals surface area contributed by atoms with Gasteiger partial charge in [-0.1, -0.05) is 12.1 Å². The minimum atomic E-state index is -0.133. The maximum atomic E-state index is 11.7. The van der Waals surface area contributed by atoms with E-state index in [1.807, 2.05) is 13.8 Å². The maximum Gasteiger partial charge on any atom is 0.241 e. The van der Waals surface area contributed by atoms with Crippen molar-refractivity contribution in [3.63, 3.8) is 0 Å². The van der Waals surface area contributed by atoms with Gasteiger partial charge in [-0.2, -0.15) is 0 Å². The zero-order chi connectivity index (χ0) is 12.3. The molecule has 1 amide bonds. The molecule has 0 spiro atoms. The lowest BCUT2D eigenvalue weighted by atomic mass is 9.92. The van der Waals surface area contributed by atoms with E-state index in [1.165, 1.54) is 16.7 Å². The van der Waals surface area contributed by atoms with Crippen molar-refractivity contribution in [1.29, 1.82) is 0 Å². The molecule has 2 N–H and O–H groups in total. The van der Waals surface area contributed by atoms with Crippen LogP contribution in [-0.2, 0) is 4.79 Å². The molecule has 3 heteroatoms. The molecule has 16 heavy (non-hydrogen) atoms. The molecule has 0 radical (unpaired) electrons. The highest BCUT2D eigenvalue weighted by Gasteiger charge is 2.17. The van der Waals surface area contributed by atoms with Crippen LogP contribution in [0.5, 0.6) is 0 Å². The highest BCUT2D eigenvalue weighted by molar-refractivity contribution is 5.83. The van der Waals surface area contributed by atoms with Gasteiger partial charge in [-0.15, -0.1) is 0 Å². The number of rotatable bonds is 3. The van der Waals surface area contributed by atoms with Crippen LogP contribution in [0.2, 0.25) is 0 Å². The minimum absolute atomic E-state index is 0.00569. The number of aryl methyl sites for hydroxylation is 3. The Balaban J connectivity index is 3.04. The van der Waals surface area contributed by atoms with E-state index in [1.54, 1.807) is 7.05 Å². The van der Waals surface area contributed by atoms with Crippen molar-refractivity contribution < 1.29 is 4.79 Å². The van der Waals surface area contributed by atoms with E-state index in [4.69, 9.17) is 0 Å². The van der Waals surface area contributed by atoms with Gasteiger partial charge in [0.05, 0.1) is 5.92 Å². The Bertz CT molecular complexity index is 399. The summed E-state index contributed by atoms with van der Waals surface area (Å²) in [5.41, 5.74) is 10.0. The second-order valence-electron chi connectivity index (χ2n) is 4.25. The standard InChI is InChI=1S/C13H20N2O/c1-8-6-10(3)12(7-9(8)2)11(4)13(16)15-14-5/h6-7,11,14H,1-5H3,(H,15,16). The van der Waals surface area contributed by atoms with Crippen LogP contribution in [0.15, 0.2) is 12.1 Å². The van der Waals surface area contributed by atoms with Crippen LogP contribution in [0.3, 0.4) is 0 Å². The molecule has 88 valence electrons. The number of hydrogen-bond donors (Lipinski definition) is 2. The average Bonchev–Trinajstić information content (AvgIpc) is 2.23. The summed E-state index contributed by atoms with van der Waals surface area (Å²) < 4.78 is 0. The van der Waals surface area contributed by atoms with Crippen molar-refractivity contribution in [2.45, 2.75) is 33.6 Å². The Labute approximate surface area is 97.2 Å². The van der Waals surface area contributed by atoms with E-state index in [0.717, 1.165) is 5.56 Å². The van der Waals surface area contributed by atoms with Crippen LogP contribution in [-0.4, -0.2) is 13.0 Å². The number of carbonyl (C=O) groups excluding carboxylic acids is 1. The molecule has 3 nitrogen and oxygen atoms in total. The number of hydrogen-bond acceptors (Lipinski definition) is 2. The van der Waals surface area contributed by atoms with Crippen molar-refractivity contribution >= 4 is 5.91 Å². The quantitative estimate of drug-likeness (QED) is 0.765. The van der Waals surface area contributed by atoms with Gasteiger partial charge in [-0.3, -0.25) is 10.2 Å². The lowest BCUT2D eigenvalue weighted by molar-refractivity contribution is -0.123. The molecule has 1 unspecified atom stereocenters. The SMILES string of the molecule is CNNC(=O)C(C)c1cc(C)c(C)cc1C. The van der Waals surface area contributed by atoms with Gasteiger partial charge in [0.15, 0.2) is 0 Å². The van der Waals surface area contributed by atoms with Crippen LogP contribution in [0, 0.1) is 20.8 Å². The number of benzene rings is 1. The first-order valence-electron chi connectivity index (χ1n) is 5.51. The summed E-state index contributed by atoms with van der Waals surface area (Å²) >= 11 is 0. The zero-order valence-corrected chi connectivity index (χ0v) is 10.6. The Morgan fingerprint density at radius 1 is 1.12 bits per heavy atom. The summed E-state index contributed by atoms with van der Waals surface area (Å²) in [6.45, 7) is 8.13. The first-order valence-corrected chi connectivity index (χ1v) is 5.51. The fraction of sp³-hybridized carbons (Fsp3) is 0.462. The lowest BCUT2D eigenvalue weighted by Gasteiger charge is -2.16. The summed E-state index contributed by atoms with van der Waals surface area (Å²) in [4.78, 5) is 11.7.